The molecule has 5 heteroatoms. The summed E-state index contributed by atoms with van der Waals surface area (Å²) in [6, 6.07) is 13.4. The first-order valence-electron chi connectivity index (χ1n) is 8.07. The van der Waals surface area contributed by atoms with Gasteiger partial charge in [0.05, 0.1) is 12.7 Å². The second-order valence-corrected chi connectivity index (χ2v) is 8.08. The van der Waals surface area contributed by atoms with Crippen LogP contribution in [0.3, 0.4) is 0 Å². The van der Waals surface area contributed by atoms with Gasteiger partial charge in [0.1, 0.15) is 5.75 Å². The van der Waals surface area contributed by atoms with Crippen LogP contribution in [0, 0.1) is 0 Å². The van der Waals surface area contributed by atoms with E-state index in [1.807, 2.05) is 36.0 Å². The molecule has 1 aliphatic carbocycles. The van der Waals surface area contributed by atoms with E-state index in [1.165, 1.54) is 30.6 Å². The number of hydrogen-bond donors (Lipinski definition) is 1. The Bertz CT molecular complexity index is 712. The smallest absolute Gasteiger partial charge is 0.256 e. The lowest BCUT2D eigenvalue weighted by atomic mass is 10.2. The molecule has 1 amide bonds. The number of hydrogen-bond acceptors (Lipinski definition) is 3. The highest BCUT2D eigenvalue weighted by Crippen LogP contribution is 2.35. The number of amides is 1. The molecule has 0 aliphatic heterocycles. The van der Waals surface area contributed by atoms with E-state index >= 15 is 0 Å². The van der Waals surface area contributed by atoms with Gasteiger partial charge in [-0.05, 0) is 71.2 Å². The Labute approximate surface area is 155 Å². The lowest BCUT2D eigenvalue weighted by Gasteiger charge is -2.11. The molecule has 0 heterocycles. The normalized spacial score (nSPS) is 14.6. The monoisotopic (exact) mass is 405 g/mol. The molecular formula is C19H20BrNO2S. The zero-order valence-corrected chi connectivity index (χ0v) is 16.0. The number of benzene rings is 2. The lowest BCUT2D eigenvalue weighted by molar-refractivity contribution is 0.102. The molecule has 3 nitrogen and oxygen atoms in total. The molecule has 0 aromatic heterocycles. The lowest BCUT2D eigenvalue weighted by Crippen LogP contribution is -2.12. The fraction of sp³-hybridized carbons (Fsp3) is 0.316. The van der Waals surface area contributed by atoms with Gasteiger partial charge in [0.15, 0.2) is 0 Å². The maximum Gasteiger partial charge on any atom is 0.256 e. The van der Waals surface area contributed by atoms with E-state index in [1.54, 1.807) is 13.2 Å². The van der Waals surface area contributed by atoms with E-state index in [2.05, 4.69) is 33.4 Å². The molecule has 0 radical (unpaired) electrons. The van der Waals surface area contributed by atoms with Crippen molar-refractivity contribution in [2.24, 2.45) is 0 Å². The maximum absolute atomic E-state index is 12.5. The molecule has 0 unspecified atom stereocenters. The fourth-order valence-corrected chi connectivity index (χ4v) is 4.49. The topological polar surface area (TPSA) is 38.3 Å². The highest BCUT2D eigenvalue weighted by molar-refractivity contribution is 9.10. The predicted octanol–water partition coefficient (Wildman–Crippen LogP) is 5.74. The Balaban J connectivity index is 1.66. The van der Waals surface area contributed by atoms with Gasteiger partial charge in [-0.15, -0.1) is 11.8 Å². The average molecular weight is 406 g/mol. The van der Waals surface area contributed by atoms with E-state index < -0.39 is 0 Å². The van der Waals surface area contributed by atoms with Gasteiger partial charge in [0.25, 0.3) is 5.91 Å². The van der Waals surface area contributed by atoms with Gasteiger partial charge < -0.3 is 10.1 Å². The first-order chi connectivity index (χ1) is 11.7. The summed E-state index contributed by atoms with van der Waals surface area (Å²) in [5, 5.41) is 3.69. The molecule has 2 aromatic carbocycles. The van der Waals surface area contributed by atoms with E-state index in [0.29, 0.717) is 11.3 Å². The highest BCUT2D eigenvalue weighted by atomic mass is 79.9. The Morgan fingerprint density at radius 1 is 1.17 bits per heavy atom. The van der Waals surface area contributed by atoms with Crippen molar-refractivity contribution in [3.05, 3.63) is 52.5 Å². The van der Waals surface area contributed by atoms with Crippen LogP contribution in [0.5, 0.6) is 5.75 Å². The van der Waals surface area contributed by atoms with Crippen molar-refractivity contribution in [3.8, 4) is 5.75 Å². The molecule has 1 saturated carbocycles. The van der Waals surface area contributed by atoms with Crippen LogP contribution in [0.25, 0.3) is 0 Å². The number of thioether (sulfide) groups is 1. The Hall–Kier alpha value is -1.46. The first kappa shape index (κ1) is 17.4. The van der Waals surface area contributed by atoms with Gasteiger partial charge in [-0.2, -0.15) is 0 Å². The SMILES string of the molecule is COc1ccc(Br)c(C(=O)Nc2ccc(SC3CCCC3)cc2)c1. The summed E-state index contributed by atoms with van der Waals surface area (Å²) in [5.74, 6) is 0.503. The van der Waals surface area contributed by atoms with Crippen molar-refractivity contribution in [2.75, 3.05) is 12.4 Å². The number of nitrogens with one attached hydrogen (secondary N) is 1. The zero-order chi connectivity index (χ0) is 16.9. The van der Waals surface area contributed by atoms with E-state index in [9.17, 15) is 4.79 Å². The van der Waals surface area contributed by atoms with Crippen molar-refractivity contribution in [2.45, 2.75) is 35.8 Å². The number of carbonyl (C=O) groups is 1. The van der Waals surface area contributed by atoms with E-state index in [0.717, 1.165) is 15.4 Å². The quantitative estimate of drug-likeness (QED) is 0.688. The van der Waals surface area contributed by atoms with Crippen molar-refractivity contribution in [1.29, 1.82) is 0 Å². The standard InChI is InChI=1S/C19H20BrNO2S/c1-23-14-8-11-18(20)17(12-14)19(22)21-13-6-9-16(10-7-13)24-15-4-2-3-5-15/h6-12,15H,2-5H2,1H3,(H,21,22). The minimum absolute atomic E-state index is 0.156. The van der Waals surface area contributed by atoms with Crippen LogP contribution in [-0.4, -0.2) is 18.3 Å². The minimum atomic E-state index is -0.156. The van der Waals surface area contributed by atoms with Crippen molar-refractivity contribution in [3.63, 3.8) is 0 Å². The summed E-state index contributed by atoms with van der Waals surface area (Å²) in [4.78, 5) is 13.7. The highest BCUT2D eigenvalue weighted by Gasteiger charge is 2.16. The van der Waals surface area contributed by atoms with Gasteiger partial charge in [0.2, 0.25) is 0 Å². The summed E-state index contributed by atoms with van der Waals surface area (Å²) in [6.45, 7) is 0. The molecule has 0 bridgehead atoms. The maximum atomic E-state index is 12.5. The third-order valence-corrected chi connectivity index (χ3v) is 6.18. The predicted molar refractivity (Wildman–Crippen MR) is 103 cm³/mol. The van der Waals surface area contributed by atoms with Crippen LogP contribution in [0.1, 0.15) is 36.0 Å². The largest absolute Gasteiger partial charge is 0.497 e. The van der Waals surface area contributed by atoms with Crippen LogP contribution >= 0.6 is 27.7 Å². The van der Waals surface area contributed by atoms with Crippen LogP contribution in [0.15, 0.2) is 51.8 Å². The summed E-state index contributed by atoms with van der Waals surface area (Å²) < 4.78 is 5.93. The number of halogens is 1. The number of methoxy groups -OCH3 is 1. The molecule has 1 fully saturated rings. The fourth-order valence-electron chi connectivity index (χ4n) is 2.82. The third-order valence-electron chi connectivity index (χ3n) is 4.14. The minimum Gasteiger partial charge on any atom is -0.497 e. The number of carbonyl (C=O) groups excluding carboxylic acids is 1. The Morgan fingerprint density at radius 2 is 1.88 bits per heavy atom. The van der Waals surface area contributed by atoms with E-state index in [4.69, 9.17) is 4.74 Å². The summed E-state index contributed by atoms with van der Waals surface area (Å²) in [7, 11) is 1.59. The second kappa shape index (κ2) is 8.08. The van der Waals surface area contributed by atoms with Crippen molar-refractivity contribution >= 4 is 39.3 Å². The molecule has 24 heavy (non-hydrogen) atoms. The average Bonchev–Trinajstić information content (AvgIpc) is 3.10. The number of ether oxygens (including phenoxy) is 1. The van der Waals surface area contributed by atoms with Gasteiger partial charge in [0, 0.05) is 20.3 Å². The molecular weight excluding hydrogens is 386 g/mol. The van der Waals surface area contributed by atoms with E-state index in [-0.39, 0.29) is 5.91 Å². The molecule has 0 saturated heterocycles. The molecule has 1 aliphatic rings. The Kier molecular flexibility index (Phi) is 5.85. The molecule has 1 N–H and O–H groups in total. The summed E-state index contributed by atoms with van der Waals surface area (Å²) in [6.07, 6.45) is 5.32. The second-order valence-electron chi connectivity index (χ2n) is 5.85. The molecule has 0 atom stereocenters. The van der Waals surface area contributed by atoms with Crippen LogP contribution in [0.4, 0.5) is 5.69 Å². The van der Waals surface area contributed by atoms with Crippen LogP contribution in [0.2, 0.25) is 0 Å². The van der Waals surface area contributed by atoms with Gasteiger partial charge in [-0.3, -0.25) is 4.79 Å². The Morgan fingerprint density at radius 3 is 2.54 bits per heavy atom. The zero-order valence-electron chi connectivity index (χ0n) is 13.5. The number of anilines is 1. The third kappa shape index (κ3) is 4.33. The summed E-state index contributed by atoms with van der Waals surface area (Å²) in [5.41, 5.74) is 1.35. The van der Waals surface area contributed by atoms with Gasteiger partial charge in [-0.1, -0.05) is 12.8 Å². The molecule has 126 valence electrons. The first-order valence-corrected chi connectivity index (χ1v) is 9.74. The molecule has 2 aromatic rings. The molecule has 3 rings (SSSR count). The summed E-state index contributed by atoms with van der Waals surface area (Å²) >= 11 is 5.36. The van der Waals surface area contributed by atoms with Crippen molar-refractivity contribution < 1.29 is 9.53 Å². The van der Waals surface area contributed by atoms with Crippen molar-refractivity contribution in [1.82, 2.24) is 0 Å². The number of rotatable bonds is 5. The van der Waals surface area contributed by atoms with Gasteiger partial charge >= 0.3 is 0 Å². The van der Waals surface area contributed by atoms with Gasteiger partial charge in [-0.25, -0.2) is 0 Å². The molecule has 0 spiro atoms. The van der Waals surface area contributed by atoms with Crippen LogP contribution < -0.4 is 10.1 Å². The van der Waals surface area contributed by atoms with Crippen LogP contribution in [-0.2, 0) is 0 Å².